The molecule has 12 rings (SSSR count). The Morgan fingerprint density at radius 3 is 1.70 bits per heavy atom. The molecule has 2 heteroatoms. The molecule has 2 nitrogen and oxygen atoms in total. The third kappa shape index (κ3) is 5.14. The van der Waals surface area contributed by atoms with E-state index in [0.29, 0.717) is 0 Å². The van der Waals surface area contributed by atoms with Crippen LogP contribution in [0.4, 0.5) is 17.1 Å². The maximum absolute atomic E-state index is 2.45. The molecule has 0 fully saturated rings. The van der Waals surface area contributed by atoms with Crippen molar-refractivity contribution in [2.24, 2.45) is 0 Å². The minimum Gasteiger partial charge on any atom is -0.310 e. The molecule has 0 spiro atoms. The summed E-state index contributed by atoms with van der Waals surface area (Å²) in [6.45, 7) is 2.43. The largest absolute Gasteiger partial charge is 0.310 e. The fourth-order valence-corrected chi connectivity index (χ4v) is 10.2. The highest BCUT2D eigenvalue weighted by molar-refractivity contribution is 6.16. The van der Waals surface area contributed by atoms with E-state index in [1.165, 1.54) is 87.6 Å². The van der Waals surface area contributed by atoms with Crippen molar-refractivity contribution in [3.8, 4) is 5.69 Å². The fourth-order valence-electron chi connectivity index (χ4n) is 10.2. The number of para-hydroxylation sites is 4. The molecule has 1 aromatic heterocycles. The number of hydrogen-bond acceptors (Lipinski definition) is 1. The van der Waals surface area contributed by atoms with Crippen LogP contribution in [0, 0.1) is 0 Å². The van der Waals surface area contributed by atoms with Crippen LogP contribution in [0.15, 0.2) is 212 Å². The van der Waals surface area contributed by atoms with Crippen LogP contribution in [0.25, 0.3) is 72.0 Å². The zero-order valence-electron chi connectivity index (χ0n) is 33.3. The second-order valence-electron chi connectivity index (χ2n) is 16.2. The maximum atomic E-state index is 2.45. The summed E-state index contributed by atoms with van der Waals surface area (Å²) in [4.78, 5) is 2.36. The van der Waals surface area contributed by atoms with Crippen molar-refractivity contribution in [1.29, 1.82) is 0 Å². The van der Waals surface area contributed by atoms with Crippen molar-refractivity contribution in [3.63, 3.8) is 0 Å². The fraction of sp³-hybridized carbons (Fsp3) is 0.0345. The molecule has 0 aliphatic heterocycles. The Balaban J connectivity index is 0.969. The van der Waals surface area contributed by atoms with Gasteiger partial charge in [0.25, 0.3) is 0 Å². The van der Waals surface area contributed by atoms with Crippen LogP contribution in [0.1, 0.15) is 34.7 Å². The van der Waals surface area contributed by atoms with Gasteiger partial charge in [0.05, 0.1) is 16.7 Å². The molecule has 1 atom stereocenters. The van der Waals surface area contributed by atoms with Gasteiger partial charge in [0.1, 0.15) is 0 Å². The Kier molecular flexibility index (Phi) is 7.70. The van der Waals surface area contributed by atoms with E-state index < -0.39 is 0 Å². The minimum atomic E-state index is -0.336. The molecule has 11 aromatic rings. The molecule has 1 heterocycles. The lowest BCUT2D eigenvalue weighted by atomic mass is 9.73. The summed E-state index contributed by atoms with van der Waals surface area (Å²) in [6, 6.07) is 77.7. The molecule has 10 aromatic carbocycles. The first kappa shape index (κ1) is 34.4. The van der Waals surface area contributed by atoms with Crippen molar-refractivity contribution >= 4 is 83.3 Å². The van der Waals surface area contributed by atoms with Gasteiger partial charge in [-0.3, -0.25) is 0 Å². The van der Waals surface area contributed by atoms with Gasteiger partial charge in [-0.05, 0) is 128 Å². The molecule has 0 saturated carbocycles. The van der Waals surface area contributed by atoms with Gasteiger partial charge in [-0.15, -0.1) is 0 Å². The Hall–Kier alpha value is -7.68. The lowest BCUT2D eigenvalue weighted by molar-refractivity contribution is 0.716. The third-order valence-corrected chi connectivity index (χ3v) is 13.0. The molecule has 282 valence electrons. The van der Waals surface area contributed by atoms with Crippen LogP contribution < -0.4 is 4.90 Å². The third-order valence-electron chi connectivity index (χ3n) is 13.0. The lowest BCUT2D eigenvalue weighted by Gasteiger charge is -2.29. The monoisotopic (exact) mass is 764 g/mol. The van der Waals surface area contributed by atoms with Crippen LogP contribution in [-0.4, -0.2) is 4.57 Å². The second kappa shape index (κ2) is 13.4. The predicted octanol–water partition coefficient (Wildman–Crippen LogP) is 15.6. The standard InChI is InChI=1S/C58H40N2/c1-58(43-32-34-46(35-33-43)60-53-25-12-10-22-49(53)50-23-11-13-26-54(50)60)51-24-14-15-41-29-30-42-37-39(38-52(58)57(42)56(41)51)27-28-40-31-36-55(48-21-9-8-20-47(40)48)59(44-16-4-2-5-17-44)45-18-6-3-7-19-45/h2-38H,1H3. The zero-order valence-corrected chi connectivity index (χ0v) is 33.3. The average molecular weight is 765 g/mol. The van der Waals surface area contributed by atoms with E-state index in [-0.39, 0.29) is 5.41 Å². The van der Waals surface area contributed by atoms with Crippen molar-refractivity contribution in [2.45, 2.75) is 12.3 Å². The normalized spacial score (nSPS) is 14.8. The molecule has 0 amide bonds. The minimum absolute atomic E-state index is 0.336. The molecule has 0 saturated heterocycles. The Morgan fingerprint density at radius 1 is 0.433 bits per heavy atom. The SMILES string of the molecule is CC1(c2ccc(-n3c4ccccc4c4ccccc43)cc2)c2cccc3ccc4cc(C=Cc5ccc(N(c6ccccc6)c6ccccc6)c6ccccc56)cc1c4c23. The van der Waals surface area contributed by atoms with Gasteiger partial charge >= 0.3 is 0 Å². The van der Waals surface area contributed by atoms with Gasteiger partial charge in [-0.1, -0.05) is 158 Å². The first-order valence-electron chi connectivity index (χ1n) is 20.8. The number of fused-ring (bicyclic) bond motifs is 4. The van der Waals surface area contributed by atoms with E-state index >= 15 is 0 Å². The van der Waals surface area contributed by atoms with Crippen LogP contribution >= 0.6 is 0 Å². The molecule has 0 radical (unpaired) electrons. The predicted molar refractivity (Wildman–Crippen MR) is 255 cm³/mol. The molecule has 1 aliphatic carbocycles. The Morgan fingerprint density at radius 2 is 1.02 bits per heavy atom. The van der Waals surface area contributed by atoms with E-state index in [0.717, 1.165) is 17.1 Å². The molecule has 0 N–H and O–H groups in total. The molecular formula is C58H40N2. The van der Waals surface area contributed by atoms with Crippen LogP contribution in [-0.2, 0) is 5.41 Å². The Bertz CT molecular complexity index is 3390. The first-order valence-corrected chi connectivity index (χ1v) is 20.8. The highest BCUT2D eigenvalue weighted by Crippen LogP contribution is 2.53. The van der Waals surface area contributed by atoms with Gasteiger partial charge in [0.2, 0.25) is 0 Å². The number of rotatable bonds is 7. The summed E-state index contributed by atoms with van der Waals surface area (Å²) in [6.07, 6.45) is 4.61. The summed E-state index contributed by atoms with van der Waals surface area (Å²) in [7, 11) is 0. The average Bonchev–Trinajstić information content (AvgIpc) is 3.79. The van der Waals surface area contributed by atoms with Gasteiger partial charge in [0.15, 0.2) is 0 Å². The van der Waals surface area contributed by atoms with Gasteiger partial charge in [-0.25, -0.2) is 0 Å². The van der Waals surface area contributed by atoms with Crippen LogP contribution in [0.5, 0.6) is 0 Å². The molecular weight excluding hydrogens is 725 g/mol. The molecule has 1 aliphatic rings. The molecule has 0 bridgehead atoms. The van der Waals surface area contributed by atoms with Crippen molar-refractivity contribution < 1.29 is 0 Å². The number of nitrogens with zero attached hydrogens (tertiary/aromatic N) is 2. The van der Waals surface area contributed by atoms with E-state index in [4.69, 9.17) is 0 Å². The topological polar surface area (TPSA) is 8.17 Å². The van der Waals surface area contributed by atoms with Gasteiger partial charge < -0.3 is 9.47 Å². The van der Waals surface area contributed by atoms with E-state index in [9.17, 15) is 0 Å². The second-order valence-corrected chi connectivity index (χ2v) is 16.2. The number of benzene rings is 10. The van der Waals surface area contributed by atoms with Crippen molar-refractivity contribution in [3.05, 3.63) is 240 Å². The summed E-state index contributed by atoms with van der Waals surface area (Å²) < 4.78 is 2.40. The van der Waals surface area contributed by atoms with Crippen LogP contribution in [0.3, 0.4) is 0 Å². The highest BCUT2D eigenvalue weighted by atomic mass is 15.1. The van der Waals surface area contributed by atoms with E-state index in [2.05, 4.69) is 241 Å². The molecule has 60 heavy (non-hydrogen) atoms. The highest BCUT2D eigenvalue weighted by Gasteiger charge is 2.39. The van der Waals surface area contributed by atoms with Crippen molar-refractivity contribution in [2.75, 3.05) is 4.90 Å². The quantitative estimate of drug-likeness (QED) is 0.116. The molecule has 1 unspecified atom stereocenters. The van der Waals surface area contributed by atoms with Crippen molar-refractivity contribution in [1.82, 2.24) is 4.57 Å². The van der Waals surface area contributed by atoms with E-state index in [1.54, 1.807) is 0 Å². The van der Waals surface area contributed by atoms with Gasteiger partial charge in [-0.2, -0.15) is 0 Å². The summed E-state index contributed by atoms with van der Waals surface area (Å²) in [5.74, 6) is 0. The summed E-state index contributed by atoms with van der Waals surface area (Å²) in [5.41, 5.74) is 13.1. The summed E-state index contributed by atoms with van der Waals surface area (Å²) >= 11 is 0. The van der Waals surface area contributed by atoms with Gasteiger partial charge in [0, 0.05) is 38.6 Å². The zero-order chi connectivity index (χ0) is 39.8. The van der Waals surface area contributed by atoms with Crippen LogP contribution in [0.2, 0.25) is 0 Å². The number of anilines is 3. The number of aromatic nitrogens is 1. The first-order chi connectivity index (χ1) is 29.6. The number of hydrogen-bond donors (Lipinski definition) is 0. The Labute approximate surface area is 349 Å². The maximum Gasteiger partial charge on any atom is 0.0541 e. The summed E-state index contributed by atoms with van der Waals surface area (Å²) in [5, 5.41) is 10.3. The van der Waals surface area contributed by atoms with E-state index in [1.807, 2.05) is 0 Å². The smallest absolute Gasteiger partial charge is 0.0541 e. The lowest BCUT2D eigenvalue weighted by Crippen LogP contribution is -2.22.